The van der Waals surface area contributed by atoms with Gasteiger partial charge in [-0.15, -0.1) is 11.3 Å². The van der Waals surface area contributed by atoms with Crippen molar-refractivity contribution in [1.29, 1.82) is 0 Å². The van der Waals surface area contributed by atoms with E-state index in [1.54, 1.807) is 18.2 Å². The van der Waals surface area contributed by atoms with Gasteiger partial charge in [0.15, 0.2) is 9.84 Å². The summed E-state index contributed by atoms with van der Waals surface area (Å²) in [4.78, 5) is 13.7. The standard InChI is InChI=1S/C15H14ClNO3S2/c16-11-3-1-10(2-4-11)13-5-6-14(21-13)15(18)17-12-7-8-22(19,20)9-12/h1-6,12H,7-9H2,(H,17,18)/t12-/m0/s1. The molecule has 2 heterocycles. The molecule has 1 saturated heterocycles. The van der Waals surface area contributed by atoms with Crippen molar-refractivity contribution in [2.24, 2.45) is 0 Å². The molecule has 1 amide bonds. The van der Waals surface area contributed by atoms with E-state index in [2.05, 4.69) is 5.32 Å². The van der Waals surface area contributed by atoms with E-state index >= 15 is 0 Å². The summed E-state index contributed by atoms with van der Waals surface area (Å²) in [5.74, 6) is -0.0284. The zero-order valence-corrected chi connectivity index (χ0v) is 14.0. The SMILES string of the molecule is O=C(N[C@H]1CCS(=O)(=O)C1)c1ccc(-c2ccc(Cl)cc2)s1. The third-order valence-corrected chi connectivity index (χ3v) is 6.68. The van der Waals surface area contributed by atoms with Gasteiger partial charge in [0.1, 0.15) is 0 Å². The van der Waals surface area contributed by atoms with Crippen LogP contribution in [0.4, 0.5) is 0 Å². The molecule has 0 unspecified atom stereocenters. The molecule has 1 aliphatic heterocycles. The Morgan fingerprint density at radius 1 is 1.18 bits per heavy atom. The van der Waals surface area contributed by atoms with Crippen molar-refractivity contribution in [2.75, 3.05) is 11.5 Å². The van der Waals surface area contributed by atoms with E-state index in [0.717, 1.165) is 10.4 Å². The van der Waals surface area contributed by atoms with Crippen LogP contribution in [0, 0.1) is 0 Å². The van der Waals surface area contributed by atoms with Crippen LogP contribution in [0.2, 0.25) is 5.02 Å². The summed E-state index contributed by atoms with van der Waals surface area (Å²) in [6.07, 6.45) is 0.490. The van der Waals surface area contributed by atoms with Crippen LogP contribution in [0.15, 0.2) is 36.4 Å². The van der Waals surface area contributed by atoms with Gasteiger partial charge in [-0.25, -0.2) is 8.42 Å². The van der Waals surface area contributed by atoms with Crippen LogP contribution >= 0.6 is 22.9 Å². The van der Waals surface area contributed by atoms with E-state index in [4.69, 9.17) is 11.6 Å². The molecule has 1 aliphatic rings. The maximum absolute atomic E-state index is 12.2. The van der Waals surface area contributed by atoms with E-state index in [-0.39, 0.29) is 23.5 Å². The highest BCUT2D eigenvalue weighted by Crippen LogP contribution is 2.29. The van der Waals surface area contributed by atoms with Crippen LogP contribution in [0.3, 0.4) is 0 Å². The number of sulfone groups is 1. The Kier molecular flexibility index (Phi) is 4.25. The lowest BCUT2D eigenvalue weighted by Crippen LogP contribution is -2.35. The third kappa shape index (κ3) is 3.51. The van der Waals surface area contributed by atoms with Crippen LogP contribution in [-0.4, -0.2) is 31.9 Å². The molecule has 4 nitrogen and oxygen atoms in total. The molecule has 7 heteroatoms. The van der Waals surface area contributed by atoms with Crippen LogP contribution in [0.25, 0.3) is 10.4 Å². The zero-order valence-electron chi connectivity index (χ0n) is 11.6. The fourth-order valence-electron chi connectivity index (χ4n) is 2.39. The molecule has 1 atom stereocenters. The monoisotopic (exact) mass is 355 g/mol. The highest BCUT2D eigenvalue weighted by Gasteiger charge is 2.29. The molecule has 1 aromatic heterocycles. The normalized spacial score (nSPS) is 20.0. The Morgan fingerprint density at radius 2 is 1.91 bits per heavy atom. The van der Waals surface area contributed by atoms with Crippen molar-refractivity contribution >= 4 is 38.7 Å². The van der Waals surface area contributed by atoms with Gasteiger partial charge in [-0.2, -0.15) is 0 Å². The second-order valence-corrected chi connectivity index (χ2v) is 8.99. The highest BCUT2D eigenvalue weighted by molar-refractivity contribution is 7.91. The first-order chi connectivity index (χ1) is 10.4. The van der Waals surface area contributed by atoms with Crippen molar-refractivity contribution in [3.05, 3.63) is 46.3 Å². The topological polar surface area (TPSA) is 63.2 Å². The number of thiophene rings is 1. The van der Waals surface area contributed by atoms with Crippen molar-refractivity contribution in [3.63, 3.8) is 0 Å². The molecule has 0 spiro atoms. The van der Waals surface area contributed by atoms with E-state index in [0.29, 0.717) is 16.3 Å². The van der Waals surface area contributed by atoms with Crippen LogP contribution in [0.1, 0.15) is 16.1 Å². The molecule has 1 N–H and O–H groups in total. The molecule has 1 aromatic carbocycles. The third-order valence-electron chi connectivity index (χ3n) is 3.53. The molecule has 2 aromatic rings. The largest absolute Gasteiger partial charge is 0.348 e. The molecular weight excluding hydrogens is 342 g/mol. The summed E-state index contributed by atoms with van der Waals surface area (Å²) in [6, 6.07) is 10.8. The van der Waals surface area contributed by atoms with Gasteiger partial charge < -0.3 is 5.32 Å². The lowest BCUT2D eigenvalue weighted by molar-refractivity contribution is 0.0945. The molecule has 0 radical (unpaired) electrons. The number of carbonyl (C=O) groups excluding carboxylic acids is 1. The Balaban J connectivity index is 1.71. The average molecular weight is 356 g/mol. The number of amides is 1. The second kappa shape index (κ2) is 6.02. The van der Waals surface area contributed by atoms with Gasteiger partial charge in [0.05, 0.1) is 16.4 Å². The van der Waals surface area contributed by atoms with Gasteiger partial charge in [0.25, 0.3) is 5.91 Å². The second-order valence-electron chi connectivity index (χ2n) is 5.24. The van der Waals surface area contributed by atoms with Gasteiger partial charge in [-0.1, -0.05) is 23.7 Å². The molecule has 116 valence electrons. The summed E-state index contributed by atoms with van der Waals surface area (Å²) in [7, 11) is -2.99. The van der Waals surface area contributed by atoms with Crippen LogP contribution < -0.4 is 5.32 Å². The van der Waals surface area contributed by atoms with E-state index < -0.39 is 9.84 Å². The maximum Gasteiger partial charge on any atom is 0.261 e. The number of benzene rings is 1. The van der Waals surface area contributed by atoms with Crippen molar-refractivity contribution in [2.45, 2.75) is 12.5 Å². The number of nitrogens with one attached hydrogen (secondary N) is 1. The smallest absolute Gasteiger partial charge is 0.261 e. The van der Waals surface area contributed by atoms with Crippen molar-refractivity contribution in [1.82, 2.24) is 5.32 Å². The van der Waals surface area contributed by atoms with E-state index in [9.17, 15) is 13.2 Å². The maximum atomic E-state index is 12.2. The lowest BCUT2D eigenvalue weighted by atomic mass is 10.2. The summed E-state index contributed by atoms with van der Waals surface area (Å²) < 4.78 is 22.8. The predicted molar refractivity (Wildman–Crippen MR) is 89.3 cm³/mol. The summed E-state index contributed by atoms with van der Waals surface area (Å²) >= 11 is 7.24. The molecule has 1 fully saturated rings. The number of carbonyl (C=O) groups is 1. The van der Waals surface area contributed by atoms with E-state index in [1.165, 1.54) is 11.3 Å². The number of rotatable bonds is 3. The van der Waals surface area contributed by atoms with Gasteiger partial charge in [0, 0.05) is 15.9 Å². The number of hydrogen-bond donors (Lipinski definition) is 1. The van der Waals surface area contributed by atoms with Crippen molar-refractivity contribution < 1.29 is 13.2 Å². The van der Waals surface area contributed by atoms with Crippen LogP contribution in [-0.2, 0) is 9.84 Å². The predicted octanol–water partition coefficient (Wildman–Crippen LogP) is 2.99. The van der Waals surface area contributed by atoms with Gasteiger partial charge in [-0.05, 0) is 36.2 Å². The average Bonchev–Trinajstić information content (AvgIpc) is 3.06. The summed E-state index contributed by atoms with van der Waals surface area (Å²) in [5, 5.41) is 3.46. The van der Waals surface area contributed by atoms with Crippen LogP contribution in [0.5, 0.6) is 0 Å². The molecule has 22 heavy (non-hydrogen) atoms. The van der Waals surface area contributed by atoms with E-state index in [1.807, 2.05) is 18.2 Å². The first-order valence-corrected chi connectivity index (χ1v) is 9.82. The molecule has 0 saturated carbocycles. The lowest BCUT2D eigenvalue weighted by Gasteiger charge is -2.09. The zero-order chi connectivity index (χ0) is 15.7. The molecule has 0 bridgehead atoms. The highest BCUT2D eigenvalue weighted by atomic mass is 35.5. The Hall–Kier alpha value is -1.37. The minimum Gasteiger partial charge on any atom is -0.348 e. The van der Waals surface area contributed by atoms with Gasteiger partial charge in [-0.3, -0.25) is 4.79 Å². The van der Waals surface area contributed by atoms with Gasteiger partial charge in [0.2, 0.25) is 0 Å². The van der Waals surface area contributed by atoms with Crippen molar-refractivity contribution in [3.8, 4) is 10.4 Å². The number of hydrogen-bond acceptors (Lipinski definition) is 4. The Bertz CT molecular complexity index is 796. The first-order valence-electron chi connectivity index (χ1n) is 6.80. The minimum absolute atomic E-state index is 0.0359. The fourth-order valence-corrected chi connectivity index (χ4v) is 5.11. The molecule has 3 rings (SSSR count). The Labute approximate surface area is 138 Å². The quantitative estimate of drug-likeness (QED) is 0.920. The number of halogens is 1. The molecular formula is C15H14ClNO3S2. The van der Waals surface area contributed by atoms with Gasteiger partial charge >= 0.3 is 0 Å². The summed E-state index contributed by atoms with van der Waals surface area (Å²) in [6.45, 7) is 0. The summed E-state index contributed by atoms with van der Waals surface area (Å²) in [5.41, 5.74) is 0.997. The fraction of sp³-hybridized carbons (Fsp3) is 0.267. The minimum atomic E-state index is -2.99. The molecule has 0 aliphatic carbocycles. The first kappa shape index (κ1) is 15.5. The Morgan fingerprint density at radius 3 is 2.55 bits per heavy atom.